The van der Waals surface area contributed by atoms with Crippen LogP contribution in [0.25, 0.3) is 0 Å². The molecule has 31 heavy (non-hydrogen) atoms. The Balaban J connectivity index is 1.83. The lowest BCUT2D eigenvalue weighted by Gasteiger charge is -2.30. The van der Waals surface area contributed by atoms with Gasteiger partial charge >= 0.3 is 12.4 Å². The summed E-state index contributed by atoms with van der Waals surface area (Å²) in [6.45, 7) is 0.780. The molecular weight excluding hydrogens is 442 g/mol. The van der Waals surface area contributed by atoms with E-state index >= 15 is 0 Å². The van der Waals surface area contributed by atoms with Crippen LogP contribution < -0.4 is 0 Å². The van der Waals surface area contributed by atoms with Crippen molar-refractivity contribution in [3.05, 3.63) is 81.3 Å². The molecule has 0 saturated carbocycles. The molecule has 3 heterocycles. The Morgan fingerprint density at radius 1 is 0.968 bits per heavy atom. The number of aryl methyl sites for hydroxylation is 1. The highest BCUT2D eigenvalue weighted by atomic mass is 32.1. The van der Waals surface area contributed by atoms with E-state index in [2.05, 4.69) is 0 Å². The summed E-state index contributed by atoms with van der Waals surface area (Å²) in [7, 11) is 0. The number of halogens is 6. The van der Waals surface area contributed by atoms with Crippen molar-refractivity contribution in [2.24, 2.45) is 0 Å². The number of fused-ring (bicyclic) bond motifs is 1. The van der Waals surface area contributed by atoms with Gasteiger partial charge in [0.2, 0.25) is 0 Å². The minimum absolute atomic E-state index is 0.0285. The van der Waals surface area contributed by atoms with Gasteiger partial charge in [-0.3, -0.25) is 4.79 Å². The van der Waals surface area contributed by atoms with Crippen LogP contribution in [0.2, 0.25) is 0 Å². The zero-order chi connectivity index (χ0) is 22.4. The van der Waals surface area contributed by atoms with Gasteiger partial charge in [0.15, 0.2) is 0 Å². The van der Waals surface area contributed by atoms with Gasteiger partial charge in [0.05, 0.1) is 17.2 Å². The molecule has 1 aliphatic rings. The average Bonchev–Trinajstić information content (AvgIpc) is 3.35. The minimum atomic E-state index is -5.02. The third-order valence-electron chi connectivity index (χ3n) is 5.21. The predicted octanol–water partition coefficient (Wildman–Crippen LogP) is 6.22. The van der Waals surface area contributed by atoms with E-state index in [9.17, 15) is 31.1 Å². The lowest BCUT2D eigenvalue weighted by atomic mass is 10.0. The van der Waals surface area contributed by atoms with Gasteiger partial charge < -0.3 is 9.47 Å². The van der Waals surface area contributed by atoms with Crippen molar-refractivity contribution in [2.75, 3.05) is 6.54 Å². The SMILES string of the molecule is O=C(c1cc(C(F)(F)F)cc(C(F)(F)F)c1)N1CCCn2cccc2C1c1ccsc1. The highest BCUT2D eigenvalue weighted by molar-refractivity contribution is 7.08. The van der Waals surface area contributed by atoms with E-state index in [0.717, 1.165) is 11.3 Å². The zero-order valence-corrected chi connectivity index (χ0v) is 16.7. The van der Waals surface area contributed by atoms with Crippen LogP contribution in [0.1, 0.15) is 45.2 Å². The number of alkyl halides is 6. The highest BCUT2D eigenvalue weighted by Gasteiger charge is 2.39. The molecule has 164 valence electrons. The van der Waals surface area contributed by atoms with Gasteiger partial charge in [-0.25, -0.2) is 0 Å². The second kappa shape index (κ2) is 7.74. The summed E-state index contributed by atoms with van der Waals surface area (Å²) < 4.78 is 81.6. The molecule has 0 bridgehead atoms. The largest absolute Gasteiger partial charge is 0.416 e. The van der Waals surface area contributed by atoms with Crippen molar-refractivity contribution in [2.45, 2.75) is 31.4 Å². The molecule has 1 aliphatic heterocycles. The first-order valence-corrected chi connectivity index (χ1v) is 10.3. The molecule has 0 N–H and O–H groups in total. The Kier molecular flexibility index (Phi) is 5.36. The van der Waals surface area contributed by atoms with E-state index in [1.165, 1.54) is 16.2 Å². The fourth-order valence-electron chi connectivity index (χ4n) is 3.82. The van der Waals surface area contributed by atoms with E-state index in [4.69, 9.17) is 0 Å². The first-order valence-electron chi connectivity index (χ1n) is 9.33. The summed E-state index contributed by atoms with van der Waals surface area (Å²) in [6, 6.07) is 5.81. The first-order chi connectivity index (χ1) is 14.6. The molecule has 2 aromatic heterocycles. The fraction of sp³-hybridized carbons (Fsp3) is 0.286. The van der Waals surface area contributed by atoms with Crippen LogP contribution in [0.15, 0.2) is 53.4 Å². The van der Waals surface area contributed by atoms with Crippen molar-refractivity contribution in [3.8, 4) is 0 Å². The molecule has 1 aromatic carbocycles. The number of benzene rings is 1. The fourth-order valence-corrected chi connectivity index (χ4v) is 4.50. The van der Waals surface area contributed by atoms with E-state index < -0.39 is 41.0 Å². The Bertz CT molecular complexity index is 1050. The molecule has 0 radical (unpaired) electrons. The highest BCUT2D eigenvalue weighted by Crippen LogP contribution is 2.38. The summed E-state index contributed by atoms with van der Waals surface area (Å²) in [5, 5.41) is 3.63. The van der Waals surface area contributed by atoms with Crippen molar-refractivity contribution in [1.82, 2.24) is 9.47 Å². The van der Waals surface area contributed by atoms with E-state index in [1.54, 1.807) is 18.2 Å². The third-order valence-corrected chi connectivity index (χ3v) is 5.91. The molecule has 10 heteroatoms. The van der Waals surface area contributed by atoms with Crippen LogP contribution in [-0.2, 0) is 18.9 Å². The second-order valence-corrected chi connectivity index (χ2v) is 8.01. The Morgan fingerprint density at radius 3 is 2.23 bits per heavy atom. The molecular formula is C21H16F6N2OS. The first kappa shape index (κ1) is 21.5. The molecule has 1 unspecified atom stereocenters. The second-order valence-electron chi connectivity index (χ2n) is 7.23. The minimum Gasteiger partial charge on any atom is -0.349 e. The van der Waals surface area contributed by atoms with E-state index in [1.807, 2.05) is 21.5 Å². The summed E-state index contributed by atoms with van der Waals surface area (Å²) in [4.78, 5) is 14.7. The summed E-state index contributed by atoms with van der Waals surface area (Å²) in [5.74, 6) is -0.873. The zero-order valence-electron chi connectivity index (χ0n) is 15.9. The number of hydrogen-bond acceptors (Lipinski definition) is 2. The smallest absolute Gasteiger partial charge is 0.349 e. The van der Waals surface area contributed by atoms with Gasteiger partial charge in [0, 0.05) is 30.5 Å². The number of carbonyl (C=O) groups excluding carboxylic acids is 1. The molecule has 0 saturated heterocycles. The molecule has 0 spiro atoms. The predicted molar refractivity (Wildman–Crippen MR) is 103 cm³/mol. The van der Waals surface area contributed by atoms with Crippen LogP contribution >= 0.6 is 11.3 Å². The Morgan fingerprint density at radius 2 is 1.65 bits per heavy atom. The van der Waals surface area contributed by atoms with Crippen LogP contribution in [-0.4, -0.2) is 21.9 Å². The number of aromatic nitrogens is 1. The van der Waals surface area contributed by atoms with Crippen molar-refractivity contribution >= 4 is 17.2 Å². The monoisotopic (exact) mass is 458 g/mol. The van der Waals surface area contributed by atoms with Gasteiger partial charge in [-0.15, -0.1) is 0 Å². The lowest BCUT2D eigenvalue weighted by Crippen LogP contribution is -2.36. The topological polar surface area (TPSA) is 25.2 Å². The molecule has 3 nitrogen and oxygen atoms in total. The van der Waals surface area contributed by atoms with Crippen LogP contribution in [0.5, 0.6) is 0 Å². The van der Waals surface area contributed by atoms with E-state index in [0.29, 0.717) is 25.1 Å². The number of thiophene rings is 1. The van der Waals surface area contributed by atoms with Crippen LogP contribution in [0, 0.1) is 0 Å². The lowest BCUT2D eigenvalue weighted by molar-refractivity contribution is -0.143. The number of carbonyl (C=O) groups is 1. The van der Waals surface area contributed by atoms with Gasteiger partial charge in [-0.05, 0) is 59.1 Å². The standard InChI is InChI=1S/C21H16F6N2OS/c22-20(23,24)15-9-14(10-16(11-15)21(25,26)27)19(30)29-7-2-6-28-5-1-3-17(28)18(29)13-4-8-31-12-13/h1,3-5,8-12,18H,2,6-7H2. The van der Waals surface area contributed by atoms with Gasteiger partial charge in [0.25, 0.3) is 5.91 Å². The molecule has 0 fully saturated rings. The van der Waals surface area contributed by atoms with Crippen LogP contribution in [0.4, 0.5) is 26.3 Å². The van der Waals surface area contributed by atoms with Gasteiger partial charge in [-0.1, -0.05) is 0 Å². The quantitative estimate of drug-likeness (QED) is 0.419. The maximum Gasteiger partial charge on any atom is 0.416 e. The molecule has 4 rings (SSSR count). The molecule has 1 amide bonds. The third kappa shape index (κ3) is 4.21. The Labute approximate surface area is 177 Å². The van der Waals surface area contributed by atoms with Gasteiger partial charge in [0.1, 0.15) is 0 Å². The van der Waals surface area contributed by atoms with E-state index in [-0.39, 0.29) is 12.6 Å². The summed E-state index contributed by atoms with van der Waals surface area (Å²) in [6.07, 6.45) is -7.68. The van der Waals surface area contributed by atoms with Crippen molar-refractivity contribution in [1.29, 1.82) is 0 Å². The van der Waals surface area contributed by atoms with Gasteiger partial charge in [-0.2, -0.15) is 37.7 Å². The number of nitrogens with zero attached hydrogens (tertiary/aromatic N) is 2. The van der Waals surface area contributed by atoms with Crippen molar-refractivity contribution in [3.63, 3.8) is 0 Å². The maximum absolute atomic E-state index is 13.3. The number of hydrogen-bond donors (Lipinski definition) is 0. The molecule has 1 atom stereocenters. The summed E-state index contributed by atoms with van der Waals surface area (Å²) >= 11 is 1.39. The van der Waals surface area contributed by atoms with Crippen molar-refractivity contribution < 1.29 is 31.1 Å². The number of amides is 1. The number of rotatable bonds is 2. The Hall–Kier alpha value is -2.75. The average molecular weight is 458 g/mol. The molecule has 0 aliphatic carbocycles. The van der Waals surface area contributed by atoms with Crippen LogP contribution in [0.3, 0.4) is 0 Å². The normalized spacial score (nSPS) is 17.4. The maximum atomic E-state index is 13.3. The molecule has 3 aromatic rings. The summed E-state index contributed by atoms with van der Waals surface area (Å²) in [5.41, 5.74) is -2.13.